The molecule has 3 nitrogen and oxygen atoms in total. The molecule has 0 fully saturated rings. The van der Waals surface area contributed by atoms with Gasteiger partial charge in [-0.15, -0.1) is 0 Å². The van der Waals surface area contributed by atoms with Gasteiger partial charge in [0.15, 0.2) is 0 Å². The zero-order valence-corrected chi connectivity index (χ0v) is 14.2. The third-order valence-corrected chi connectivity index (χ3v) is 19.3. The van der Waals surface area contributed by atoms with Gasteiger partial charge in [-0.05, 0) is 0 Å². The van der Waals surface area contributed by atoms with Crippen LogP contribution in [0.1, 0.15) is 43.1 Å². The summed E-state index contributed by atoms with van der Waals surface area (Å²) in [6.07, 6.45) is 0. The van der Waals surface area contributed by atoms with Gasteiger partial charge in [-0.3, -0.25) is 0 Å². The van der Waals surface area contributed by atoms with Gasteiger partial charge in [-0.1, -0.05) is 22.3 Å². The molecule has 0 spiro atoms. The minimum atomic E-state index is -2.58. The topological polar surface area (TPSA) is 9.72 Å². The van der Waals surface area contributed by atoms with E-state index in [1.807, 2.05) is 0 Å². The van der Waals surface area contributed by atoms with Crippen molar-refractivity contribution in [1.29, 1.82) is 0 Å². The normalized spacial score (nSPS) is 12.0. The van der Waals surface area contributed by atoms with Crippen molar-refractivity contribution in [2.24, 2.45) is 0 Å². The molecular formula is C13H39N3Sn. The van der Waals surface area contributed by atoms with Crippen LogP contribution >= 0.6 is 0 Å². The monoisotopic (exact) mass is 357 g/mol. The van der Waals surface area contributed by atoms with E-state index < -0.39 is 19.2 Å². The summed E-state index contributed by atoms with van der Waals surface area (Å²) < 4.78 is 7.81. The van der Waals surface area contributed by atoms with Crippen LogP contribution in [0.15, 0.2) is 0 Å². The molecule has 0 heterocycles. The predicted octanol–water partition coefficient (Wildman–Crippen LogP) is 3.32. The van der Waals surface area contributed by atoms with E-state index in [9.17, 15) is 0 Å². The Hall–Kier alpha value is 0.679. The predicted molar refractivity (Wildman–Crippen MR) is 86.7 cm³/mol. The number of rotatable bonds is 3. The van der Waals surface area contributed by atoms with E-state index in [1.54, 1.807) is 0 Å². The minimum absolute atomic E-state index is 0. The molecule has 0 aliphatic heterocycles. The van der Waals surface area contributed by atoms with Crippen LogP contribution < -0.4 is 0 Å². The summed E-state index contributed by atoms with van der Waals surface area (Å²) >= 11 is -2.58. The molecule has 0 aliphatic rings. The molecule has 0 bridgehead atoms. The number of hydrogen-bond acceptors (Lipinski definition) is 3. The van der Waals surface area contributed by atoms with E-state index in [4.69, 9.17) is 0 Å². The SMILES string of the molecule is C.C.C.C[N](C)[Sn]([N](C)C)([N](C)C)[C](C)(C)C. The molecule has 0 aromatic rings. The molecule has 0 amide bonds. The average molecular weight is 356 g/mol. The van der Waals surface area contributed by atoms with Crippen LogP contribution in [0.5, 0.6) is 0 Å². The maximum atomic E-state index is 2.48. The Labute approximate surface area is 117 Å². The Morgan fingerprint density at radius 1 is 0.588 bits per heavy atom. The summed E-state index contributed by atoms with van der Waals surface area (Å²) in [7, 11) is 13.3. The Kier molecular flexibility index (Phi) is 13.5. The van der Waals surface area contributed by atoms with Crippen molar-refractivity contribution in [3.63, 3.8) is 0 Å². The van der Waals surface area contributed by atoms with Crippen molar-refractivity contribution in [3.8, 4) is 0 Å². The average Bonchev–Trinajstić information content (AvgIpc) is 1.79. The van der Waals surface area contributed by atoms with E-state index in [0.717, 1.165) is 0 Å². The summed E-state index contributed by atoms with van der Waals surface area (Å²) in [6.45, 7) is 7.09. The van der Waals surface area contributed by atoms with Crippen LogP contribution in [-0.4, -0.2) is 70.8 Å². The van der Waals surface area contributed by atoms with Gasteiger partial charge in [0.2, 0.25) is 0 Å². The first-order valence-corrected chi connectivity index (χ1v) is 10.4. The molecule has 0 saturated carbocycles. The van der Waals surface area contributed by atoms with Crippen molar-refractivity contribution in [1.82, 2.24) is 9.36 Å². The molecule has 0 aromatic heterocycles. The van der Waals surface area contributed by atoms with E-state index in [2.05, 4.69) is 72.4 Å². The molecule has 17 heavy (non-hydrogen) atoms. The molecule has 0 rings (SSSR count). The van der Waals surface area contributed by atoms with Crippen LogP contribution in [0.25, 0.3) is 0 Å². The molecule has 4 heteroatoms. The zero-order valence-electron chi connectivity index (χ0n) is 11.3. The standard InChI is InChI=1S/C4H9.3C2H6N.3CH4.Sn/c1-4(2)3;3*1-3-2;;;;/h1-3H3;3*1-2H3;3*1H4;/q;3*-1;;;;+3. The maximum absolute atomic E-state index is 2.58. The van der Waals surface area contributed by atoms with Crippen LogP contribution in [0.4, 0.5) is 0 Å². The first-order valence-electron chi connectivity index (χ1n) is 5.10. The molecular weight excluding hydrogens is 317 g/mol. The summed E-state index contributed by atoms with van der Waals surface area (Å²) in [5.74, 6) is 0. The van der Waals surface area contributed by atoms with Gasteiger partial charge in [0.1, 0.15) is 0 Å². The van der Waals surface area contributed by atoms with Gasteiger partial charge >= 0.3 is 95.0 Å². The first kappa shape index (κ1) is 26.3. The second-order valence-electron chi connectivity index (χ2n) is 5.57. The number of hydrogen-bond donors (Lipinski definition) is 0. The van der Waals surface area contributed by atoms with Gasteiger partial charge in [-0.2, -0.15) is 0 Å². The molecule has 0 atom stereocenters. The Balaban J connectivity index is -0.000000282. The summed E-state index contributed by atoms with van der Waals surface area (Å²) in [5.41, 5.74) is 0. The van der Waals surface area contributed by atoms with Gasteiger partial charge in [0.05, 0.1) is 0 Å². The third kappa shape index (κ3) is 4.69. The first-order chi connectivity index (χ1) is 6.08. The summed E-state index contributed by atoms with van der Waals surface area (Å²) in [4.78, 5) is 0. The van der Waals surface area contributed by atoms with E-state index >= 15 is 0 Å². The van der Waals surface area contributed by atoms with E-state index in [0.29, 0.717) is 3.43 Å². The van der Waals surface area contributed by atoms with Crippen molar-refractivity contribution < 1.29 is 0 Å². The van der Waals surface area contributed by atoms with Gasteiger partial charge in [0.25, 0.3) is 0 Å². The fourth-order valence-electron chi connectivity index (χ4n) is 3.21. The Morgan fingerprint density at radius 3 is 0.765 bits per heavy atom. The number of nitrogens with zero attached hydrogens (tertiary/aromatic N) is 3. The molecule has 0 aliphatic carbocycles. The van der Waals surface area contributed by atoms with Crippen molar-refractivity contribution in [2.75, 3.05) is 42.3 Å². The van der Waals surface area contributed by atoms with Gasteiger partial charge in [-0.25, -0.2) is 0 Å². The molecule has 0 unspecified atom stereocenters. The van der Waals surface area contributed by atoms with Crippen LogP contribution in [-0.2, 0) is 0 Å². The van der Waals surface area contributed by atoms with Crippen molar-refractivity contribution in [3.05, 3.63) is 0 Å². The molecule has 0 saturated heterocycles. The second-order valence-corrected chi connectivity index (χ2v) is 21.1. The summed E-state index contributed by atoms with van der Waals surface area (Å²) in [5, 5.41) is 0. The van der Waals surface area contributed by atoms with E-state index in [-0.39, 0.29) is 22.3 Å². The third-order valence-electron chi connectivity index (χ3n) is 2.88. The molecule has 0 N–H and O–H groups in total. The Morgan fingerprint density at radius 2 is 0.765 bits per heavy atom. The Bertz CT molecular complexity index is 162. The van der Waals surface area contributed by atoms with Crippen molar-refractivity contribution >= 4 is 19.2 Å². The van der Waals surface area contributed by atoms with Gasteiger partial charge in [0, 0.05) is 0 Å². The van der Waals surface area contributed by atoms with Crippen molar-refractivity contribution in [2.45, 2.75) is 46.5 Å². The fraction of sp³-hybridized carbons (Fsp3) is 1.00. The van der Waals surface area contributed by atoms with Gasteiger partial charge < -0.3 is 0 Å². The zero-order chi connectivity index (χ0) is 11.7. The van der Waals surface area contributed by atoms with E-state index in [1.165, 1.54) is 0 Å². The second kappa shape index (κ2) is 8.72. The molecule has 0 radical (unpaired) electrons. The fourth-order valence-corrected chi connectivity index (χ4v) is 21.5. The van der Waals surface area contributed by atoms with Crippen LogP contribution in [0.3, 0.4) is 0 Å². The molecule has 0 aromatic carbocycles. The quantitative estimate of drug-likeness (QED) is 0.719. The molecule has 110 valence electrons. The summed E-state index contributed by atoms with van der Waals surface area (Å²) in [6, 6.07) is 0. The van der Waals surface area contributed by atoms with Crippen LogP contribution in [0, 0.1) is 0 Å². The van der Waals surface area contributed by atoms with Crippen LogP contribution in [0.2, 0.25) is 3.43 Å².